The number of pyridine rings is 1. The van der Waals surface area contributed by atoms with E-state index in [0.717, 1.165) is 5.56 Å². The quantitative estimate of drug-likeness (QED) is 0.748. The average molecular weight is 439 g/mol. The van der Waals surface area contributed by atoms with Crippen molar-refractivity contribution in [1.29, 1.82) is 0 Å². The molecular weight excluding hydrogens is 425 g/mol. The number of sulfonamides is 1. The summed E-state index contributed by atoms with van der Waals surface area (Å²) in [5.41, 5.74) is 1.31. The molecular formula is C15H14BrF3N2O3S. The van der Waals surface area contributed by atoms with Gasteiger partial charge in [-0.25, -0.2) is 18.1 Å². The van der Waals surface area contributed by atoms with Crippen LogP contribution in [-0.4, -0.2) is 26.2 Å². The van der Waals surface area contributed by atoms with Crippen LogP contribution in [-0.2, 0) is 16.6 Å². The maximum Gasteiger partial charge on any atom is 0.422 e. The maximum absolute atomic E-state index is 12.3. The van der Waals surface area contributed by atoms with E-state index < -0.39 is 22.8 Å². The number of ether oxygens (including phenoxy) is 1. The van der Waals surface area contributed by atoms with Crippen molar-refractivity contribution in [3.63, 3.8) is 0 Å². The molecule has 0 spiro atoms. The lowest BCUT2D eigenvalue weighted by molar-refractivity contribution is -0.154. The third-order valence-corrected chi connectivity index (χ3v) is 5.40. The maximum atomic E-state index is 12.3. The van der Waals surface area contributed by atoms with Crippen molar-refractivity contribution in [1.82, 2.24) is 9.71 Å². The second-order valence-electron chi connectivity index (χ2n) is 5.16. The van der Waals surface area contributed by atoms with E-state index in [2.05, 4.69) is 30.4 Å². The van der Waals surface area contributed by atoms with Gasteiger partial charge in [-0.3, -0.25) is 0 Å². The zero-order valence-electron chi connectivity index (χ0n) is 13.0. The fourth-order valence-electron chi connectivity index (χ4n) is 1.88. The van der Waals surface area contributed by atoms with Gasteiger partial charge < -0.3 is 4.74 Å². The van der Waals surface area contributed by atoms with Crippen molar-refractivity contribution < 1.29 is 26.3 Å². The van der Waals surface area contributed by atoms with Crippen LogP contribution in [0.2, 0.25) is 0 Å². The molecule has 1 aromatic carbocycles. The number of rotatable bonds is 6. The predicted molar refractivity (Wildman–Crippen MR) is 88.7 cm³/mol. The SMILES string of the molecule is Cc1ccc(S(=O)(=O)NCc2ccnc(OCC(F)(F)F)c2)c(Br)c1. The first-order chi connectivity index (χ1) is 11.6. The molecule has 5 nitrogen and oxygen atoms in total. The normalized spacial score (nSPS) is 12.2. The molecule has 25 heavy (non-hydrogen) atoms. The van der Waals surface area contributed by atoms with Crippen molar-refractivity contribution in [2.75, 3.05) is 6.61 Å². The third kappa shape index (κ3) is 5.98. The predicted octanol–water partition coefficient (Wildman–Crippen LogP) is 3.57. The van der Waals surface area contributed by atoms with Gasteiger partial charge in [-0.15, -0.1) is 0 Å². The zero-order chi connectivity index (χ0) is 18.7. The van der Waals surface area contributed by atoms with Crippen LogP contribution < -0.4 is 9.46 Å². The van der Waals surface area contributed by atoms with E-state index in [1.54, 1.807) is 12.1 Å². The Labute approximate surface area is 151 Å². The number of aryl methyl sites for hydroxylation is 1. The fourth-order valence-corrected chi connectivity index (χ4v) is 4.08. The minimum Gasteiger partial charge on any atom is -0.468 e. The molecule has 10 heteroatoms. The lowest BCUT2D eigenvalue weighted by Gasteiger charge is -2.11. The van der Waals surface area contributed by atoms with Gasteiger partial charge in [0.2, 0.25) is 15.9 Å². The van der Waals surface area contributed by atoms with Gasteiger partial charge in [0.05, 0.1) is 4.90 Å². The molecule has 0 aliphatic heterocycles. The molecule has 2 rings (SSSR count). The van der Waals surface area contributed by atoms with Crippen molar-refractivity contribution in [3.8, 4) is 5.88 Å². The number of alkyl halides is 3. The second-order valence-corrected chi connectivity index (χ2v) is 7.75. The summed E-state index contributed by atoms with van der Waals surface area (Å²) in [6.45, 7) is 0.243. The van der Waals surface area contributed by atoms with Crippen molar-refractivity contribution >= 4 is 26.0 Å². The molecule has 2 aromatic rings. The monoisotopic (exact) mass is 438 g/mol. The Bertz CT molecular complexity index is 857. The van der Waals surface area contributed by atoms with E-state index in [0.29, 0.717) is 10.0 Å². The highest BCUT2D eigenvalue weighted by Gasteiger charge is 2.28. The Balaban J connectivity index is 2.07. The molecule has 0 bridgehead atoms. The van der Waals surface area contributed by atoms with Crippen molar-refractivity contribution in [2.45, 2.75) is 24.5 Å². The van der Waals surface area contributed by atoms with Crippen LogP contribution in [0.5, 0.6) is 5.88 Å². The smallest absolute Gasteiger partial charge is 0.422 e. The highest BCUT2D eigenvalue weighted by Crippen LogP contribution is 2.23. The Morgan fingerprint density at radius 2 is 1.96 bits per heavy atom. The van der Waals surface area contributed by atoms with Crippen LogP contribution in [0.25, 0.3) is 0 Å². The fraction of sp³-hybridized carbons (Fsp3) is 0.267. The molecule has 0 amide bonds. The van der Waals surface area contributed by atoms with Crippen LogP contribution in [0, 0.1) is 6.92 Å². The summed E-state index contributed by atoms with van der Waals surface area (Å²) in [6, 6.07) is 7.52. The van der Waals surface area contributed by atoms with Gasteiger partial charge in [0.1, 0.15) is 0 Å². The van der Waals surface area contributed by atoms with Gasteiger partial charge in [0.15, 0.2) is 6.61 Å². The van der Waals surface area contributed by atoms with Crippen LogP contribution in [0.15, 0.2) is 45.9 Å². The standard InChI is InChI=1S/C15H14BrF3N2O3S/c1-10-2-3-13(12(16)6-10)25(22,23)21-8-11-4-5-20-14(7-11)24-9-15(17,18)19/h2-7,21H,8-9H2,1H3. The summed E-state index contributed by atoms with van der Waals surface area (Å²) in [7, 11) is -3.79. The lowest BCUT2D eigenvalue weighted by Crippen LogP contribution is -2.24. The molecule has 136 valence electrons. The summed E-state index contributed by atoms with van der Waals surface area (Å²) >= 11 is 3.20. The highest BCUT2D eigenvalue weighted by atomic mass is 79.9. The third-order valence-electron chi connectivity index (χ3n) is 3.03. The van der Waals surface area contributed by atoms with Crippen molar-refractivity contribution in [2.24, 2.45) is 0 Å². The molecule has 1 aromatic heterocycles. The molecule has 0 radical (unpaired) electrons. The lowest BCUT2D eigenvalue weighted by atomic mass is 10.2. The van der Waals surface area contributed by atoms with Gasteiger partial charge >= 0.3 is 6.18 Å². The number of benzene rings is 1. The molecule has 0 unspecified atom stereocenters. The zero-order valence-corrected chi connectivity index (χ0v) is 15.4. The van der Waals surface area contributed by atoms with Crippen LogP contribution in [0.3, 0.4) is 0 Å². The highest BCUT2D eigenvalue weighted by molar-refractivity contribution is 9.10. The Morgan fingerprint density at radius 1 is 1.24 bits per heavy atom. The molecule has 0 saturated carbocycles. The molecule has 0 atom stereocenters. The number of hydrogen-bond acceptors (Lipinski definition) is 4. The molecule has 0 aliphatic carbocycles. The average Bonchev–Trinajstić information content (AvgIpc) is 2.50. The molecule has 0 aliphatic rings. The number of halogens is 4. The van der Waals surface area contributed by atoms with Gasteiger partial charge in [0, 0.05) is 23.3 Å². The largest absolute Gasteiger partial charge is 0.468 e. The summed E-state index contributed by atoms with van der Waals surface area (Å²) < 4.78 is 68.5. The summed E-state index contributed by atoms with van der Waals surface area (Å²) in [5.74, 6) is -0.231. The first kappa shape index (κ1) is 19.7. The topological polar surface area (TPSA) is 68.3 Å². The summed E-state index contributed by atoms with van der Waals surface area (Å²) in [4.78, 5) is 3.73. The summed E-state index contributed by atoms with van der Waals surface area (Å²) in [6.07, 6.45) is -3.23. The Morgan fingerprint density at radius 3 is 2.60 bits per heavy atom. The van der Waals surface area contributed by atoms with Gasteiger partial charge in [-0.2, -0.15) is 13.2 Å². The summed E-state index contributed by atoms with van der Waals surface area (Å²) in [5, 5.41) is 0. The molecule has 0 saturated heterocycles. The van der Waals surface area contributed by atoms with Crippen LogP contribution in [0.4, 0.5) is 13.2 Å². The van der Waals surface area contributed by atoms with Gasteiger partial charge in [-0.05, 0) is 52.2 Å². The Kier molecular flexibility index (Phi) is 6.07. The van der Waals surface area contributed by atoms with Crippen LogP contribution >= 0.6 is 15.9 Å². The number of nitrogens with one attached hydrogen (secondary N) is 1. The van der Waals surface area contributed by atoms with E-state index in [1.807, 2.05) is 6.92 Å². The van der Waals surface area contributed by atoms with Gasteiger partial charge in [0.25, 0.3) is 0 Å². The molecule has 0 fully saturated rings. The minimum absolute atomic E-state index is 0.0701. The van der Waals surface area contributed by atoms with E-state index >= 15 is 0 Å². The second kappa shape index (κ2) is 7.71. The van der Waals surface area contributed by atoms with E-state index in [9.17, 15) is 21.6 Å². The van der Waals surface area contributed by atoms with E-state index in [4.69, 9.17) is 0 Å². The molecule has 1 N–H and O–H groups in total. The Hall–Kier alpha value is -1.65. The van der Waals surface area contributed by atoms with Gasteiger partial charge in [-0.1, -0.05) is 6.07 Å². The van der Waals surface area contributed by atoms with E-state index in [1.165, 1.54) is 24.4 Å². The molecule has 1 heterocycles. The number of nitrogens with zero attached hydrogens (tertiary/aromatic N) is 1. The number of aromatic nitrogens is 1. The van der Waals surface area contributed by atoms with Crippen molar-refractivity contribution in [3.05, 3.63) is 52.1 Å². The first-order valence-corrected chi connectivity index (χ1v) is 9.25. The first-order valence-electron chi connectivity index (χ1n) is 6.97. The number of hydrogen-bond donors (Lipinski definition) is 1. The minimum atomic E-state index is -4.48. The van der Waals surface area contributed by atoms with Crippen LogP contribution in [0.1, 0.15) is 11.1 Å². The van der Waals surface area contributed by atoms with E-state index in [-0.39, 0.29) is 17.3 Å².